The molecule has 3 heterocycles. The number of carbonyl (C=O) groups is 1. The van der Waals surface area contributed by atoms with E-state index in [-0.39, 0.29) is 29.1 Å². The third-order valence-corrected chi connectivity index (χ3v) is 10.0. The van der Waals surface area contributed by atoms with Gasteiger partial charge in [0.15, 0.2) is 5.13 Å². The number of nitrogens with one attached hydrogen (secondary N) is 1. The van der Waals surface area contributed by atoms with E-state index in [1.165, 1.54) is 21.7 Å². The number of hydrogen-bond acceptors (Lipinski definition) is 6. The number of halogens is 3. The number of benzene rings is 1. The maximum Gasteiger partial charge on any atom is 0.252 e. The van der Waals surface area contributed by atoms with Crippen LogP contribution in [-0.2, 0) is 14.8 Å². The first-order valence-corrected chi connectivity index (χ1v) is 13.5. The van der Waals surface area contributed by atoms with E-state index < -0.39 is 10.0 Å². The monoisotopic (exact) mass is 535 g/mol. The van der Waals surface area contributed by atoms with Crippen molar-refractivity contribution in [1.29, 1.82) is 0 Å². The van der Waals surface area contributed by atoms with Crippen molar-refractivity contribution in [2.75, 3.05) is 18.4 Å². The molecule has 2 aromatic heterocycles. The van der Waals surface area contributed by atoms with Crippen LogP contribution < -0.4 is 5.32 Å². The molecule has 4 rings (SSSR count). The summed E-state index contributed by atoms with van der Waals surface area (Å²) in [7, 11) is -3.58. The predicted octanol–water partition coefficient (Wildman–Crippen LogP) is 5.87. The van der Waals surface area contributed by atoms with Crippen LogP contribution in [-0.4, -0.2) is 36.7 Å². The molecule has 1 aliphatic rings. The number of sulfonamides is 1. The van der Waals surface area contributed by atoms with E-state index in [9.17, 15) is 13.2 Å². The average molecular weight is 537 g/mol. The maximum atomic E-state index is 12.7. The molecule has 0 saturated carbocycles. The molecular formula is C19H16Cl3N3O3S3. The van der Waals surface area contributed by atoms with Crippen LogP contribution in [0.1, 0.15) is 12.8 Å². The zero-order valence-electron chi connectivity index (χ0n) is 15.8. The first kappa shape index (κ1) is 23.0. The van der Waals surface area contributed by atoms with E-state index in [0.717, 1.165) is 16.9 Å². The van der Waals surface area contributed by atoms with Crippen molar-refractivity contribution in [3.05, 3.63) is 50.1 Å². The number of aromatic nitrogens is 1. The van der Waals surface area contributed by atoms with Crippen molar-refractivity contribution < 1.29 is 13.2 Å². The summed E-state index contributed by atoms with van der Waals surface area (Å²) < 4.78 is 27.5. The Balaban J connectivity index is 1.36. The van der Waals surface area contributed by atoms with Crippen LogP contribution >= 0.6 is 57.5 Å². The number of thiophene rings is 1. The Morgan fingerprint density at radius 1 is 1.10 bits per heavy atom. The number of thiazole rings is 1. The number of rotatable bonds is 5. The quantitative estimate of drug-likeness (QED) is 0.442. The second-order valence-corrected chi connectivity index (χ2v) is 12.4. The molecule has 164 valence electrons. The summed E-state index contributed by atoms with van der Waals surface area (Å²) in [6.45, 7) is 0.560. The van der Waals surface area contributed by atoms with E-state index in [0.29, 0.717) is 38.0 Å². The van der Waals surface area contributed by atoms with Gasteiger partial charge in [-0.1, -0.05) is 40.9 Å². The first-order valence-electron chi connectivity index (χ1n) is 9.21. The van der Waals surface area contributed by atoms with Crippen molar-refractivity contribution in [1.82, 2.24) is 9.29 Å². The van der Waals surface area contributed by atoms with Crippen molar-refractivity contribution in [3.8, 4) is 11.3 Å². The third-order valence-electron chi connectivity index (χ3n) is 4.92. The van der Waals surface area contributed by atoms with Crippen molar-refractivity contribution in [3.63, 3.8) is 0 Å². The van der Waals surface area contributed by atoms with Gasteiger partial charge in [0.25, 0.3) is 10.0 Å². The van der Waals surface area contributed by atoms with E-state index in [4.69, 9.17) is 34.8 Å². The summed E-state index contributed by atoms with van der Waals surface area (Å²) in [5, 5.41) is 6.05. The molecule has 0 atom stereocenters. The van der Waals surface area contributed by atoms with Crippen LogP contribution in [0.3, 0.4) is 0 Å². The Labute approximate surface area is 202 Å². The SMILES string of the molecule is O=C(Nc1nc(-c2ccc(Cl)c(Cl)c2)cs1)C1CCN(S(=O)(=O)c2ccc(Cl)s2)CC1. The summed E-state index contributed by atoms with van der Waals surface area (Å²) in [5.74, 6) is -0.443. The van der Waals surface area contributed by atoms with Crippen LogP contribution in [0.4, 0.5) is 5.13 Å². The van der Waals surface area contributed by atoms with Gasteiger partial charge in [0.05, 0.1) is 20.1 Å². The van der Waals surface area contributed by atoms with Crippen LogP contribution in [0.2, 0.25) is 14.4 Å². The normalized spacial score (nSPS) is 15.8. The molecule has 6 nitrogen and oxygen atoms in total. The number of amides is 1. The minimum Gasteiger partial charge on any atom is -0.302 e. The van der Waals surface area contributed by atoms with Crippen molar-refractivity contribution >= 4 is 78.5 Å². The second kappa shape index (κ2) is 9.35. The highest BCUT2D eigenvalue weighted by Gasteiger charge is 2.33. The van der Waals surface area contributed by atoms with Gasteiger partial charge in [-0.25, -0.2) is 13.4 Å². The Morgan fingerprint density at radius 3 is 2.48 bits per heavy atom. The van der Waals surface area contributed by atoms with E-state index in [1.807, 2.05) is 11.4 Å². The molecule has 12 heteroatoms. The minimum atomic E-state index is -3.58. The zero-order valence-corrected chi connectivity index (χ0v) is 20.6. The molecule has 1 amide bonds. The molecule has 1 aliphatic heterocycles. The lowest BCUT2D eigenvalue weighted by atomic mass is 9.97. The fourth-order valence-corrected chi connectivity index (χ4v) is 7.38. The molecule has 3 aromatic rings. The van der Waals surface area contributed by atoms with Gasteiger partial charge in [-0.2, -0.15) is 4.31 Å². The van der Waals surface area contributed by atoms with Crippen LogP contribution in [0.5, 0.6) is 0 Å². The average Bonchev–Trinajstić information content (AvgIpc) is 3.39. The lowest BCUT2D eigenvalue weighted by Crippen LogP contribution is -2.41. The molecule has 0 aliphatic carbocycles. The number of piperidine rings is 1. The summed E-state index contributed by atoms with van der Waals surface area (Å²) in [6.07, 6.45) is 0.879. The van der Waals surface area contributed by atoms with Gasteiger partial charge in [-0.3, -0.25) is 4.79 Å². The fraction of sp³-hybridized carbons (Fsp3) is 0.263. The number of anilines is 1. The van der Waals surface area contributed by atoms with E-state index in [1.54, 1.807) is 18.2 Å². The molecule has 0 unspecified atom stereocenters. The predicted molar refractivity (Wildman–Crippen MR) is 127 cm³/mol. The molecule has 1 saturated heterocycles. The number of nitrogens with zero attached hydrogens (tertiary/aromatic N) is 2. The van der Waals surface area contributed by atoms with Gasteiger partial charge in [-0.05, 0) is 37.1 Å². The molecule has 0 spiro atoms. The highest BCUT2D eigenvalue weighted by molar-refractivity contribution is 7.91. The highest BCUT2D eigenvalue weighted by atomic mass is 35.5. The van der Waals surface area contributed by atoms with Gasteiger partial charge in [0.2, 0.25) is 5.91 Å². The molecule has 0 radical (unpaired) electrons. The summed E-state index contributed by atoms with van der Waals surface area (Å²) >= 11 is 20.2. The smallest absolute Gasteiger partial charge is 0.252 e. The fourth-order valence-electron chi connectivity index (χ4n) is 3.25. The van der Waals surface area contributed by atoms with E-state index >= 15 is 0 Å². The molecule has 1 N–H and O–H groups in total. The summed E-state index contributed by atoms with van der Waals surface area (Å²) in [6, 6.07) is 8.31. The van der Waals surface area contributed by atoms with Gasteiger partial charge in [0.1, 0.15) is 4.21 Å². The van der Waals surface area contributed by atoms with Gasteiger partial charge in [0, 0.05) is 30.0 Å². The highest BCUT2D eigenvalue weighted by Crippen LogP contribution is 2.32. The summed E-state index contributed by atoms with van der Waals surface area (Å²) in [4.78, 5) is 17.1. The Hall–Kier alpha value is -1.20. The standard InChI is InChI=1S/C19H16Cl3N3O3S3/c20-13-2-1-12(9-14(13)21)15-10-29-19(23-15)24-18(26)11-5-7-25(8-6-11)31(27,28)17-4-3-16(22)30-17/h1-4,9-11H,5-8H2,(H,23,24,26). The largest absolute Gasteiger partial charge is 0.302 e. The molecular weight excluding hydrogens is 521 g/mol. The van der Waals surface area contributed by atoms with Crippen molar-refractivity contribution in [2.24, 2.45) is 5.92 Å². The van der Waals surface area contributed by atoms with Crippen LogP contribution in [0.25, 0.3) is 11.3 Å². The third kappa shape index (κ3) is 5.08. The second-order valence-electron chi connectivity index (χ2n) is 6.89. The molecule has 1 fully saturated rings. The lowest BCUT2D eigenvalue weighted by Gasteiger charge is -2.29. The summed E-state index contributed by atoms with van der Waals surface area (Å²) in [5.41, 5.74) is 1.49. The van der Waals surface area contributed by atoms with Crippen LogP contribution in [0, 0.1) is 5.92 Å². The zero-order chi connectivity index (χ0) is 22.2. The molecule has 1 aromatic carbocycles. The molecule has 31 heavy (non-hydrogen) atoms. The Morgan fingerprint density at radius 2 is 1.84 bits per heavy atom. The number of hydrogen-bond donors (Lipinski definition) is 1. The number of carbonyl (C=O) groups excluding carboxylic acids is 1. The van der Waals surface area contributed by atoms with Crippen LogP contribution in [0.15, 0.2) is 39.9 Å². The van der Waals surface area contributed by atoms with Gasteiger partial charge >= 0.3 is 0 Å². The minimum absolute atomic E-state index is 0.161. The maximum absolute atomic E-state index is 12.7. The lowest BCUT2D eigenvalue weighted by molar-refractivity contribution is -0.120. The molecule has 0 bridgehead atoms. The van der Waals surface area contributed by atoms with Gasteiger partial charge in [-0.15, -0.1) is 22.7 Å². The van der Waals surface area contributed by atoms with E-state index in [2.05, 4.69) is 10.3 Å². The Kier molecular flexibility index (Phi) is 6.93. The Bertz CT molecular complexity index is 1220. The van der Waals surface area contributed by atoms with Gasteiger partial charge < -0.3 is 5.32 Å². The first-order chi connectivity index (χ1) is 14.7. The topological polar surface area (TPSA) is 79.4 Å². The van der Waals surface area contributed by atoms with Crippen molar-refractivity contribution in [2.45, 2.75) is 17.1 Å².